The largest absolute Gasteiger partial charge is 0.377 e. The Morgan fingerprint density at radius 1 is 1.00 bits per heavy atom. The summed E-state index contributed by atoms with van der Waals surface area (Å²) in [5.41, 5.74) is 0. The molecule has 0 aliphatic rings. The minimum absolute atomic E-state index is 0.346. The van der Waals surface area contributed by atoms with Crippen molar-refractivity contribution in [2.45, 2.75) is 78.4 Å². The molecule has 0 radical (unpaired) electrons. The van der Waals surface area contributed by atoms with Gasteiger partial charge < -0.3 is 10.1 Å². The fraction of sp³-hybridized carbons (Fsp3) is 1.00. The van der Waals surface area contributed by atoms with Crippen molar-refractivity contribution in [1.29, 1.82) is 0 Å². The number of unbranched alkanes of at least 4 members (excludes halogenated alkanes) is 3. The van der Waals surface area contributed by atoms with Crippen LogP contribution in [0.15, 0.2) is 0 Å². The first-order valence-electron chi connectivity index (χ1n) is 7.11. The normalized spacial score (nSPS) is 15.0. The lowest BCUT2D eigenvalue weighted by Gasteiger charge is -2.24. The van der Waals surface area contributed by atoms with Gasteiger partial charge in [0.05, 0.1) is 6.10 Å². The van der Waals surface area contributed by atoms with Crippen molar-refractivity contribution in [3.05, 3.63) is 0 Å². The molecule has 0 saturated heterocycles. The molecule has 0 heterocycles. The van der Waals surface area contributed by atoms with Crippen molar-refractivity contribution in [3.8, 4) is 0 Å². The van der Waals surface area contributed by atoms with Crippen LogP contribution >= 0.6 is 0 Å². The second-order valence-electron chi connectivity index (χ2n) is 4.61. The Kier molecular flexibility index (Phi) is 11.3. The van der Waals surface area contributed by atoms with Gasteiger partial charge in [-0.25, -0.2) is 0 Å². The summed E-state index contributed by atoms with van der Waals surface area (Å²) in [5.74, 6) is 0. The molecule has 2 atom stereocenters. The first-order valence-corrected chi connectivity index (χ1v) is 7.11. The summed E-state index contributed by atoms with van der Waals surface area (Å²) in [6.07, 6.45) is 7.84. The van der Waals surface area contributed by atoms with Gasteiger partial charge in [-0.05, 0) is 32.7 Å². The molecular weight excluding hydrogens is 198 g/mol. The van der Waals surface area contributed by atoms with E-state index in [2.05, 4.69) is 33.0 Å². The monoisotopic (exact) mass is 229 g/mol. The number of ether oxygens (including phenoxy) is 1. The predicted molar refractivity (Wildman–Crippen MR) is 71.9 cm³/mol. The summed E-state index contributed by atoms with van der Waals surface area (Å²) < 4.78 is 5.88. The molecule has 1 N–H and O–H groups in total. The summed E-state index contributed by atoms with van der Waals surface area (Å²) in [6.45, 7) is 10.9. The lowest BCUT2D eigenvalue weighted by Crippen LogP contribution is -2.39. The van der Waals surface area contributed by atoms with Crippen LogP contribution in [-0.4, -0.2) is 25.3 Å². The number of hydrogen-bond acceptors (Lipinski definition) is 2. The van der Waals surface area contributed by atoms with Crippen molar-refractivity contribution < 1.29 is 4.74 Å². The average Bonchev–Trinajstić information content (AvgIpc) is 2.30. The van der Waals surface area contributed by atoms with E-state index < -0.39 is 0 Å². The maximum Gasteiger partial charge on any atom is 0.0699 e. The van der Waals surface area contributed by atoms with Crippen molar-refractivity contribution in [3.63, 3.8) is 0 Å². The maximum atomic E-state index is 5.88. The van der Waals surface area contributed by atoms with Gasteiger partial charge in [0.1, 0.15) is 0 Å². The molecule has 0 rings (SSSR count). The highest BCUT2D eigenvalue weighted by atomic mass is 16.5. The lowest BCUT2D eigenvalue weighted by atomic mass is 10.1. The van der Waals surface area contributed by atoms with Gasteiger partial charge in [-0.3, -0.25) is 0 Å². The van der Waals surface area contributed by atoms with Crippen LogP contribution in [0, 0.1) is 0 Å². The first-order chi connectivity index (χ1) is 7.76. The highest BCUT2D eigenvalue weighted by molar-refractivity contribution is 4.71. The van der Waals surface area contributed by atoms with Crippen LogP contribution in [0.4, 0.5) is 0 Å². The molecule has 0 aromatic carbocycles. The molecule has 0 aromatic heterocycles. The number of nitrogens with one attached hydrogen (secondary N) is 1. The van der Waals surface area contributed by atoms with Crippen molar-refractivity contribution in [2.75, 3.05) is 13.2 Å². The predicted octanol–water partition coefficient (Wildman–Crippen LogP) is 3.75. The number of rotatable bonds is 11. The van der Waals surface area contributed by atoms with Gasteiger partial charge in [-0.2, -0.15) is 0 Å². The summed E-state index contributed by atoms with van der Waals surface area (Å²) >= 11 is 0. The third kappa shape index (κ3) is 8.12. The lowest BCUT2D eigenvalue weighted by molar-refractivity contribution is 0.0356. The van der Waals surface area contributed by atoms with Crippen molar-refractivity contribution >= 4 is 0 Å². The first kappa shape index (κ1) is 15.9. The van der Waals surface area contributed by atoms with E-state index in [1.807, 2.05) is 0 Å². The van der Waals surface area contributed by atoms with Crippen LogP contribution in [0.3, 0.4) is 0 Å². The van der Waals surface area contributed by atoms with E-state index in [1.165, 1.54) is 32.1 Å². The smallest absolute Gasteiger partial charge is 0.0699 e. The SMILES string of the molecule is CCCCCCOC(C)C(CC)NCCC. The molecule has 0 spiro atoms. The molecule has 0 bridgehead atoms. The van der Waals surface area contributed by atoms with E-state index in [9.17, 15) is 0 Å². The number of hydrogen-bond donors (Lipinski definition) is 1. The standard InChI is InChI=1S/C14H31NO/c1-5-8-9-10-12-16-13(4)14(7-3)15-11-6-2/h13-15H,5-12H2,1-4H3. The van der Waals surface area contributed by atoms with Crippen molar-refractivity contribution in [1.82, 2.24) is 5.32 Å². The third-order valence-electron chi connectivity index (χ3n) is 3.04. The summed E-state index contributed by atoms with van der Waals surface area (Å²) in [4.78, 5) is 0. The Bertz CT molecular complexity index is 139. The Hall–Kier alpha value is -0.0800. The van der Waals surface area contributed by atoms with Crippen molar-refractivity contribution in [2.24, 2.45) is 0 Å². The molecule has 0 saturated carbocycles. The zero-order chi connectivity index (χ0) is 12.2. The zero-order valence-electron chi connectivity index (χ0n) is 11.7. The fourth-order valence-corrected chi connectivity index (χ4v) is 1.89. The molecule has 0 aliphatic carbocycles. The zero-order valence-corrected chi connectivity index (χ0v) is 11.7. The van der Waals surface area contributed by atoms with E-state index in [-0.39, 0.29) is 0 Å². The molecule has 2 unspecified atom stereocenters. The molecule has 2 nitrogen and oxygen atoms in total. The fourth-order valence-electron chi connectivity index (χ4n) is 1.89. The highest BCUT2D eigenvalue weighted by Crippen LogP contribution is 2.06. The van der Waals surface area contributed by atoms with E-state index in [1.54, 1.807) is 0 Å². The molecule has 98 valence electrons. The van der Waals surface area contributed by atoms with Crippen LogP contribution < -0.4 is 5.32 Å². The average molecular weight is 229 g/mol. The van der Waals surface area contributed by atoms with Gasteiger partial charge in [-0.1, -0.05) is 40.0 Å². The van der Waals surface area contributed by atoms with Gasteiger partial charge in [-0.15, -0.1) is 0 Å². The van der Waals surface area contributed by atoms with E-state index >= 15 is 0 Å². The third-order valence-corrected chi connectivity index (χ3v) is 3.04. The summed E-state index contributed by atoms with van der Waals surface area (Å²) in [5, 5.41) is 3.55. The summed E-state index contributed by atoms with van der Waals surface area (Å²) in [6, 6.07) is 0.520. The van der Waals surface area contributed by atoms with Crippen LogP contribution in [0.2, 0.25) is 0 Å². The molecule has 16 heavy (non-hydrogen) atoms. The van der Waals surface area contributed by atoms with Gasteiger partial charge >= 0.3 is 0 Å². The molecule has 2 heteroatoms. The van der Waals surface area contributed by atoms with Crippen LogP contribution in [0.1, 0.15) is 66.2 Å². The van der Waals surface area contributed by atoms with Gasteiger partial charge in [0, 0.05) is 12.6 Å². The molecule has 0 fully saturated rings. The Morgan fingerprint density at radius 3 is 2.31 bits per heavy atom. The second kappa shape index (κ2) is 11.4. The van der Waals surface area contributed by atoms with Gasteiger partial charge in [0.2, 0.25) is 0 Å². The Labute approximate surface area is 102 Å². The summed E-state index contributed by atoms with van der Waals surface area (Å²) in [7, 11) is 0. The van der Waals surface area contributed by atoms with Gasteiger partial charge in [0.15, 0.2) is 0 Å². The highest BCUT2D eigenvalue weighted by Gasteiger charge is 2.14. The minimum atomic E-state index is 0.346. The van der Waals surface area contributed by atoms with E-state index in [0.29, 0.717) is 12.1 Å². The second-order valence-corrected chi connectivity index (χ2v) is 4.61. The molecule has 0 amide bonds. The van der Waals surface area contributed by atoms with Crippen LogP contribution in [-0.2, 0) is 4.74 Å². The van der Waals surface area contributed by atoms with E-state index in [4.69, 9.17) is 4.74 Å². The van der Waals surface area contributed by atoms with E-state index in [0.717, 1.165) is 19.6 Å². The van der Waals surface area contributed by atoms with Gasteiger partial charge in [0.25, 0.3) is 0 Å². The molecule has 0 aliphatic heterocycles. The Balaban J connectivity index is 3.54. The topological polar surface area (TPSA) is 21.3 Å². The van der Waals surface area contributed by atoms with Crippen LogP contribution in [0.5, 0.6) is 0 Å². The maximum absolute atomic E-state index is 5.88. The quantitative estimate of drug-likeness (QED) is 0.545. The van der Waals surface area contributed by atoms with Crippen LogP contribution in [0.25, 0.3) is 0 Å². The minimum Gasteiger partial charge on any atom is -0.377 e. The molecule has 0 aromatic rings. The Morgan fingerprint density at radius 2 is 1.75 bits per heavy atom. The molecular formula is C14H31NO.